The summed E-state index contributed by atoms with van der Waals surface area (Å²) in [6.45, 7) is 0.683. The summed E-state index contributed by atoms with van der Waals surface area (Å²) in [7, 11) is 1.72. The molecular weight excluding hydrogens is 318 g/mol. The molecule has 1 aliphatic heterocycles. The van der Waals surface area contributed by atoms with Gasteiger partial charge in [-0.05, 0) is 30.7 Å². The highest BCUT2D eigenvalue weighted by Gasteiger charge is 2.34. The first-order valence-corrected chi connectivity index (χ1v) is 8.17. The molecule has 0 atom stereocenters. The molecule has 0 bridgehead atoms. The van der Waals surface area contributed by atoms with Gasteiger partial charge in [-0.25, -0.2) is 0 Å². The molecule has 6 heteroatoms. The number of amides is 3. The SMILES string of the molecule is CN(Cc1ccccn1)C(=O)CCCN1C(=O)c2ccccc2C1=O. The third-order valence-corrected chi connectivity index (χ3v) is 4.20. The van der Waals surface area contributed by atoms with Gasteiger partial charge in [-0.3, -0.25) is 24.3 Å². The van der Waals surface area contributed by atoms with E-state index >= 15 is 0 Å². The van der Waals surface area contributed by atoms with Crippen LogP contribution in [0.3, 0.4) is 0 Å². The van der Waals surface area contributed by atoms with Gasteiger partial charge >= 0.3 is 0 Å². The summed E-state index contributed by atoms with van der Waals surface area (Å²) in [5.74, 6) is -0.605. The second-order valence-electron chi connectivity index (χ2n) is 5.98. The van der Waals surface area contributed by atoms with Crippen molar-refractivity contribution >= 4 is 17.7 Å². The Bertz CT molecular complexity index is 770. The summed E-state index contributed by atoms with van der Waals surface area (Å²) in [6.07, 6.45) is 2.41. The number of aromatic nitrogens is 1. The molecule has 0 unspecified atom stereocenters. The van der Waals surface area contributed by atoms with E-state index in [1.54, 1.807) is 42.4 Å². The zero-order valence-corrected chi connectivity index (χ0v) is 14.0. The fourth-order valence-electron chi connectivity index (χ4n) is 2.84. The Kier molecular flexibility index (Phi) is 4.88. The molecule has 1 aromatic carbocycles. The Labute approximate surface area is 146 Å². The van der Waals surface area contributed by atoms with Crippen LogP contribution in [-0.2, 0) is 11.3 Å². The first-order chi connectivity index (χ1) is 12.1. The van der Waals surface area contributed by atoms with Crippen LogP contribution in [0.2, 0.25) is 0 Å². The highest BCUT2D eigenvalue weighted by atomic mass is 16.2. The molecule has 1 aliphatic rings. The van der Waals surface area contributed by atoms with Crippen molar-refractivity contribution < 1.29 is 14.4 Å². The number of imide groups is 1. The van der Waals surface area contributed by atoms with Gasteiger partial charge in [0.15, 0.2) is 0 Å². The van der Waals surface area contributed by atoms with Crippen molar-refractivity contribution in [1.82, 2.24) is 14.8 Å². The highest BCUT2D eigenvalue weighted by molar-refractivity contribution is 6.21. The molecule has 2 heterocycles. The fraction of sp³-hybridized carbons (Fsp3) is 0.263. The van der Waals surface area contributed by atoms with Crippen LogP contribution in [0.25, 0.3) is 0 Å². The van der Waals surface area contributed by atoms with E-state index in [-0.39, 0.29) is 30.7 Å². The Hall–Kier alpha value is -3.02. The molecule has 0 fully saturated rings. The second kappa shape index (κ2) is 7.25. The molecule has 128 valence electrons. The summed E-state index contributed by atoms with van der Waals surface area (Å²) in [5.41, 5.74) is 1.69. The number of fused-ring (bicyclic) bond motifs is 1. The number of hydrogen-bond donors (Lipinski definition) is 0. The average molecular weight is 337 g/mol. The van der Waals surface area contributed by atoms with Crippen molar-refractivity contribution in [2.75, 3.05) is 13.6 Å². The Morgan fingerprint density at radius 3 is 2.28 bits per heavy atom. The number of carbonyl (C=O) groups is 3. The number of nitrogens with zero attached hydrogens (tertiary/aromatic N) is 3. The van der Waals surface area contributed by atoms with Crippen LogP contribution in [0.4, 0.5) is 0 Å². The quantitative estimate of drug-likeness (QED) is 0.757. The maximum absolute atomic E-state index is 12.3. The molecule has 0 spiro atoms. The smallest absolute Gasteiger partial charge is 0.261 e. The number of pyridine rings is 1. The van der Waals surface area contributed by atoms with Crippen molar-refractivity contribution in [1.29, 1.82) is 0 Å². The van der Waals surface area contributed by atoms with Crippen LogP contribution >= 0.6 is 0 Å². The minimum atomic E-state index is -0.283. The molecule has 25 heavy (non-hydrogen) atoms. The topological polar surface area (TPSA) is 70.6 Å². The van der Waals surface area contributed by atoms with E-state index in [1.807, 2.05) is 18.2 Å². The van der Waals surface area contributed by atoms with Gasteiger partial charge in [-0.2, -0.15) is 0 Å². The molecule has 6 nitrogen and oxygen atoms in total. The summed E-state index contributed by atoms with van der Waals surface area (Å²) in [4.78, 5) is 43.7. The van der Waals surface area contributed by atoms with E-state index in [0.717, 1.165) is 5.69 Å². The van der Waals surface area contributed by atoms with Gasteiger partial charge in [0.2, 0.25) is 5.91 Å². The molecule has 0 saturated heterocycles. The number of rotatable bonds is 6. The largest absolute Gasteiger partial charge is 0.340 e. The maximum Gasteiger partial charge on any atom is 0.261 e. The van der Waals surface area contributed by atoms with E-state index in [9.17, 15) is 14.4 Å². The van der Waals surface area contributed by atoms with Gasteiger partial charge in [0.05, 0.1) is 23.4 Å². The van der Waals surface area contributed by atoms with Crippen LogP contribution in [0.15, 0.2) is 48.7 Å². The summed E-state index contributed by atoms with van der Waals surface area (Å²) < 4.78 is 0. The van der Waals surface area contributed by atoms with Gasteiger partial charge < -0.3 is 4.90 Å². The normalized spacial score (nSPS) is 13.1. The van der Waals surface area contributed by atoms with Crippen molar-refractivity contribution in [3.8, 4) is 0 Å². The van der Waals surface area contributed by atoms with E-state index in [2.05, 4.69) is 4.98 Å². The maximum atomic E-state index is 12.3. The number of benzene rings is 1. The standard InChI is InChI=1S/C19H19N3O3/c1-21(13-14-7-4-5-11-20-14)17(23)10-6-12-22-18(24)15-8-2-3-9-16(15)19(22)25/h2-5,7-9,11H,6,10,12-13H2,1H3. The summed E-state index contributed by atoms with van der Waals surface area (Å²) in [5, 5.41) is 0. The summed E-state index contributed by atoms with van der Waals surface area (Å²) in [6, 6.07) is 12.4. The number of hydrogen-bond acceptors (Lipinski definition) is 4. The van der Waals surface area contributed by atoms with Gasteiger partial charge in [-0.1, -0.05) is 18.2 Å². The number of carbonyl (C=O) groups excluding carboxylic acids is 3. The molecule has 3 rings (SSSR count). The summed E-state index contributed by atoms with van der Waals surface area (Å²) >= 11 is 0. The Balaban J connectivity index is 1.51. The molecule has 0 aliphatic carbocycles. The van der Waals surface area contributed by atoms with Crippen molar-refractivity contribution in [3.05, 3.63) is 65.5 Å². The van der Waals surface area contributed by atoms with E-state index in [4.69, 9.17) is 0 Å². The van der Waals surface area contributed by atoms with Crippen LogP contribution < -0.4 is 0 Å². The van der Waals surface area contributed by atoms with Crippen molar-refractivity contribution in [2.45, 2.75) is 19.4 Å². The van der Waals surface area contributed by atoms with Crippen LogP contribution in [-0.4, -0.2) is 46.1 Å². The lowest BCUT2D eigenvalue weighted by Crippen LogP contribution is -2.32. The van der Waals surface area contributed by atoms with Gasteiger partial charge in [0.1, 0.15) is 0 Å². The Morgan fingerprint density at radius 1 is 1.04 bits per heavy atom. The minimum Gasteiger partial charge on any atom is -0.340 e. The molecule has 2 aromatic rings. The highest BCUT2D eigenvalue weighted by Crippen LogP contribution is 2.22. The van der Waals surface area contributed by atoms with Crippen LogP contribution in [0, 0.1) is 0 Å². The van der Waals surface area contributed by atoms with Gasteiger partial charge in [0.25, 0.3) is 11.8 Å². The second-order valence-corrected chi connectivity index (χ2v) is 5.98. The van der Waals surface area contributed by atoms with Crippen molar-refractivity contribution in [3.63, 3.8) is 0 Å². The predicted octanol–water partition coefficient (Wildman–Crippen LogP) is 2.12. The van der Waals surface area contributed by atoms with Crippen LogP contribution in [0.5, 0.6) is 0 Å². The van der Waals surface area contributed by atoms with Gasteiger partial charge in [0, 0.05) is 26.2 Å². The first kappa shape index (κ1) is 16.8. The predicted molar refractivity (Wildman–Crippen MR) is 91.8 cm³/mol. The molecule has 0 N–H and O–H groups in total. The minimum absolute atomic E-state index is 0.0396. The van der Waals surface area contributed by atoms with Gasteiger partial charge in [-0.15, -0.1) is 0 Å². The molecule has 1 aromatic heterocycles. The average Bonchev–Trinajstić information content (AvgIpc) is 2.87. The zero-order valence-electron chi connectivity index (χ0n) is 14.0. The zero-order chi connectivity index (χ0) is 17.8. The lowest BCUT2D eigenvalue weighted by Gasteiger charge is -2.18. The monoisotopic (exact) mass is 337 g/mol. The van der Waals surface area contributed by atoms with E-state index < -0.39 is 0 Å². The van der Waals surface area contributed by atoms with Crippen molar-refractivity contribution in [2.24, 2.45) is 0 Å². The molecular formula is C19H19N3O3. The third kappa shape index (κ3) is 3.57. The van der Waals surface area contributed by atoms with E-state index in [0.29, 0.717) is 24.1 Å². The third-order valence-electron chi connectivity index (χ3n) is 4.20. The van der Waals surface area contributed by atoms with E-state index in [1.165, 1.54) is 4.90 Å². The Morgan fingerprint density at radius 2 is 1.68 bits per heavy atom. The lowest BCUT2D eigenvalue weighted by molar-refractivity contribution is -0.130. The molecule has 0 saturated carbocycles. The molecule has 3 amide bonds. The van der Waals surface area contributed by atoms with Crippen LogP contribution in [0.1, 0.15) is 39.3 Å². The molecule has 0 radical (unpaired) electrons. The first-order valence-electron chi connectivity index (χ1n) is 8.17. The fourth-order valence-corrected chi connectivity index (χ4v) is 2.84. The lowest BCUT2D eigenvalue weighted by atomic mass is 10.1.